The number of hydrogen-bond donors (Lipinski definition) is 2. The topological polar surface area (TPSA) is 46.8 Å². The zero-order valence-corrected chi connectivity index (χ0v) is 14.5. The van der Waals surface area contributed by atoms with Crippen LogP contribution in [0.3, 0.4) is 0 Å². The highest BCUT2D eigenvalue weighted by Gasteiger charge is 2.52. The molecule has 1 aromatic carbocycles. The quantitative estimate of drug-likeness (QED) is 0.884. The number of benzene rings is 1. The Morgan fingerprint density at radius 3 is 2.96 bits per heavy atom. The van der Waals surface area contributed by atoms with Gasteiger partial charge in [0.05, 0.1) is 24.7 Å². The summed E-state index contributed by atoms with van der Waals surface area (Å²) in [6.07, 6.45) is 5.07. The van der Waals surface area contributed by atoms with Gasteiger partial charge in [0.1, 0.15) is 17.9 Å². The summed E-state index contributed by atoms with van der Waals surface area (Å²) in [5, 5.41) is 12.2. The maximum Gasteiger partial charge on any atom is 0.131 e. The van der Waals surface area contributed by atoms with Gasteiger partial charge in [0.15, 0.2) is 0 Å². The summed E-state index contributed by atoms with van der Waals surface area (Å²) in [6, 6.07) is 9.00. The molecule has 5 atom stereocenters. The van der Waals surface area contributed by atoms with E-state index in [2.05, 4.69) is 11.9 Å². The molecule has 2 saturated heterocycles. The second kappa shape index (κ2) is 6.34. The third-order valence-corrected chi connectivity index (χ3v) is 6.08. The first kappa shape index (κ1) is 15.9. The van der Waals surface area contributed by atoms with E-state index in [0.717, 1.165) is 40.6 Å². The lowest BCUT2D eigenvalue weighted by Gasteiger charge is -2.28. The van der Waals surface area contributed by atoms with Crippen LogP contribution in [0.15, 0.2) is 30.5 Å². The largest absolute Gasteiger partial charge is 0.494 e. The molecule has 2 aliphatic rings. The van der Waals surface area contributed by atoms with Gasteiger partial charge in [-0.1, -0.05) is 6.92 Å². The Labute approximate surface area is 143 Å². The van der Waals surface area contributed by atoms with Crippen molar-refractivity contribution >= 4 is 10.9 Å². The first-order valence-electron chi connectivity index (χ1n) is 9.28. The predicted octanol–water partition coefficient (Wildman–Crippen LogP) is 2.12. The van der Waals surface area contributed by atoms with Gasteiger partial charge in [-0.25, -0.2) is 0 Å². The number of nitrogens with zero attached hydrogens (tertiary/aromatic N) is 1. The molecule has 2 bridgehead atoms. The smallest absolute Gasteiger partial charge is 0.131 e. The Morgan fingerprint density at radius 2 is 2.21 bits per heavy atom. The monoisotopic (exact) mass is 327 g/mol. The minimum atomic E-state index is -0.429. The van der Waals surface area contributed by atoms with Crippen molar-refractivity contribution in [1.29, 1.82) is 0 Å². The molecule has 2 N–H and O–H groups in total. The van der Waals surface area contributed by atoms with E-state index in [1.165, 1.54) is 19.4 Å². The lowest BCUT2D eigenvalue weighted by Crippen LogP contribution is -3.16. The summed E-state index contributed by atoms with van der Waals surface area (Å²) in [7, 11) is 0. The van der Waals surface area contributed by atoms with Crippen LogP contribution in [0.1, 0.15) is 44.8 Å². The van der Waals surface area contributed by atoms with Crippen molar-refractivity contribution in [2.75, 3.05) is 13.2 Å². The lowest BCUT2D eigenvalue weighted by atomic mass is 9.90. The van der Waals surface area contributed by atoms with E-state index in [4.69, 9.17) is 4.74 Å². The zero-order chi connectivity index (χ0) is 16.7. The first-order valence-corrected chi connectivity index (χ1v) is 9.28. The average molecular weight is 327 g/mol. The van der Waals surface area contributed by atoms with Gasteiger partial charge in [-0.05, 0) is 43.2 Å². The Hall–Kier alpha value is -1.65. The van der Waals surface area contributed by atoms with Crippen molar-refractivity contribution in [3.63, 3.8) is 0 Å². The van der Waals surface area contributed by atoms with Crippen LogP contribution in [0.5, 0.6) is 5.75 Å². The van der Waals surface area contributed by atoms with Crippen molar-refractivity contribution in [3.05, 3.63) is 36.0 Å². The molecule has 2 fully saturated rings. The number of aliphatic hydroxyl groups excluding tert-OH is 1. The van der Waals surface area contributed by atoms with Gasteiger partial charge in [-0.2, -0.15) is 0 Å². The van der Waals surface area contributed by atoms with E-state index in [0.29, 0.717) is 12.6 Å². The summed E-state index contributed by atoms with van der Waals surface area (Å²) < 4.78 is 5.64. The molecule has 128 valence electrons. The van der Waals surface area contributed by atoms with Crippen molar-refractivity contribution in [2.24, 2.45) is 5.92 Å². The first-order chi connectivity index (χ1) is 11.7. The van der Waals surface area contributed by atoms with E-state index in [9.17, 15) is 5.11 Å². The highest BCUT2D eigenvalue weighted by atomic mass is 16.5. The number of pyridine rings is 1. The molecule has 0 saturated carbocycles. The molecule has 4 nitrogen and oxygen atoms in total. The summed E-state index contributed by atoms with van der Waals surface area (Å²) in [6.45, 7) is 6.12. The number of aliphatic hydroxyl groups is 1. The molecule has 0 amide bonds. The number of ether oxygens (including phenoxy) is 1. The molecule has 4 heteroatoms. The molecule has 3 heterocycles. The van der Waals surface area contributed by atoms with E-state index in [1.54, 1.807) is 4.90 Å². The van der Waals surface area contributed by atoms with Crippen molar-refractivity contribution in [3.8, 4) is 5.75 Å². The second-order valence-corrected chi connectivity index (χ2v) is 7.19. The highest BCUT2D eigenvalue weighted by molar-refractivity contribution is 5.83. The molecule has 1 aromatic heterocycles. The van der Waals surface area contributed by atoms with Gasteiger partial charge >= 0.3 is 0 Å². The van der Waals surface area contributed by atoms with Crippen LogP contribution >= 0.6 is 0 Å². The molecule has 2 aliphatic heterocycles. The standard InChI is InChI=1S/C20H26N2O2/c1-3-18-13-8-10-22(18)19(11-13)20(23)15-7-9-21-17-6-5-14(24-4-2)12-16(15)17/h5-7,9,12-13,18-20,23H,3-4,8,10-11H2,1-2H3/p+1/t13-,18-,19+,20+/m1/s1. The normalized spacial score (nSPS) is 30.0. The van der Waals surface area contributed by atoms with Crippen molar-refractivity contribution in [1.82, 2.24) is 4.98 Å². The number of hydrogen-bond acceptors (Lipinski definition) is 3. The van der Waals surface area contributed by atoms with Crippen LogP contribution < -0.4 is 9.64 Å². The van der Waals surface area contributed by atoms with Gasteiger partial charge in [0.25, 0.3) is 0 Å². The summed E-state index contributed by atoms with van der Waals surface area (Å²) in [5.74, 6) is 1.63. The molecule has 1 unspecified atom stereocenters. The Bertz CT molecular complexity index is 733. The van der Waals surface area contributed by atoms with Crippen LogP contribution in [-0.4, -0.2) is 35.3 Å². The number of aromatic nitrogens is 1. The molecular formula is C20H27N2O2+. The van der Waals surface area contributed by atoms with E-state index >= 15 is 0 Å². The molecule has 4 rings (SSSR count). The molecule has 0 radical (unpaired) electrons. The highest BCUT2D eigenvalue weighted by Crippen LogP contribution is 2.35. The lowest BCUT2D eigenvalue weighted by molar-refractivity contribution is -0.932. The minimum Gasteiger partial charge on any atom is -0.494 e. The van der Waals surface area contributed by atoms with Crippen molar-refractivity contribution < 1.29 is 14.7 Å². The Balaban J connectivity index is 1.69. The fourth-order valence-corrected chi connectivity index (χ4v) is 5.07. The summed E-state index contributed by atoms with van der Waals surface area (Å²) >= 11 is 0. The van der Waals surface area contributed by atoms with E-state index in [-0.39, 0.29) is 0 Å². The number of fused-ring (bicyclic) bond motifs is 3. The van der Waals surface area contributed by atoms with Crippen LogP contribution in [0.4, 0.5) is 0 Å². The maximum absolute atomic E-state index is 11.2. The molecule has 2 aromatic rings. The molecular weight excluding hydrogens is 300 g/mol. The molecule has 24 heavy (non-hydrogen) atoms. The Kier molecular flexibility index (Phi) is 4.19. The fraction of sp³-hybridized carbons (Fsp3) is 0.550. The van der Waals surface area contributed by atoms with Gasteiger partial charge in [0.2, 0.25) is 0 Å². The van der Waals surface area contributed by atoms with Gasteiger partial charge < -0.3 is 14.7 Å². The zero-order valence-electron chi connectivity index (χ0n) is 14.5. The van der Waals surface area contributed by atoms with Crippen LogP contribution in [0, 0.1) is 5.92 Å². The third-order valence-electron chi connectivity index (χ3n) is 6.08. The van der Waals surface area contributed by atoms with Crippen LogP contribution in [0.25, 0.3) is 10.9 Å². The molecule has 0 spiro atoms. The van der Waals surface area contributed by atoms with Gasteiger partial charge in [-0.3, -0.25) is 4.98 Å². The SMILES string of the molecule is CCOc1ccc2nccc([C@H](O)[C@@H]3C[C@H]4CC[NH+]3[C@@H]4CC)c2c1. The Morgan fingerprint density at radius 1 is 1.33 bits per heavy atom. The number of nitrogens with one attached hydrogen (secondary N) is 1. The van der Waals surface area contributed by atoms with Crippen molar-refractivity contribution in [2.45, 2.75) is 51.3 Å². The fourth-order valence-electron chi connectivity index (χ4n) is 5.07. The molecule has 0 aliphatic carbocycles. The number of piperidine rings is 1. The third kappa shape index (κ3) is 2.49. The summed E-state index contributed by atoms with van der Waals surface area (Å²) in [4.78, 5) is 6.07. The number of rotatable bonds is 5. The van der Waals surface area contributed by atoms with E-state index in [1.807, 2.05) is 37.4 Å². The minimum absolute atomic E-state index is 0.315. The van der Waals surface area contributed by atoms with Gasteiger partial charge in [0, 0.05) is 30.3 Å². The van der Waals surface area contributed by atoms with Crippen LogP contribution in [-0.2, 0) is 0 Å². The number of quaternary nitrogens is 1. The van der Waals surface area contributed by atoms with Gasteiger partial charge in [-0.15, -0.1) is 0 Å². The van der Waals surface area contributed by atoms with Crippen LogP contribution in [0.2, 0.25) is 0 Å². The van der Waals surface area contributed by atoms with E-state index < -0.39 is 6.10 Å². The maximum atomic E-state index is 11.2. The average Bonchev–Trinajstić information content (AvgIpc) is 3.18. The predicted molar refractivity (Wildman–Crippen MR) is 94.3 cm³/mol. The summed E-state index contributed by atoms with van der Waals surface area (Å²) in [5.41, 5.74) is 1.93. The second-order valence-electron chi connectivity index (χ2n) is 7.19.